The number of ketones is 1. The maximum Gasteiger partial charge on any atom is 0.171 e. The predicted octanol–water partition coefficient (Wildman–Crippen LogP) is 4.89. The van der Waals surface area contributed by atoms with Crippen LogP contribution in [0.1, 0.15) is 79.1 Å². The summed E-state index contributed by atoms with van der Waals surface area (Å²) in [5.74, 6) is 2.41. The Morgan fingerprint density at radius 1 is 1.06 bits per heavy atom. The van der Waals surface area contributed by atoms with E-state index in [1.54, 1.807) is 0 Å². The summed E-state index contributed by atoms with van der Waals surface area (Å²) in [4.78, 5) is 13.9. The van der Waals surface area contributed by atoms with Crippen molar-refractivity contribution >= 4 is 5.78 Å². The van der Waals surface area contributed by atoms with Gasteiger partial charge in [-0.1, -0.05) is 33.3 Å². The van der Waals surface area contributed by atoms with Gasteiger partial charge in [0.05, 0.1) is 18.8 Å². The quantitative estimate of drug-likeness (QED) is 0.597. The van der Waals surface area contributed by atoms with Crippen LogP contribution in [0, 0.1) is 46.3 Å². The van der Waals surface area contributed by atoms with E-state index in [0.29, 0.717) is 29.5 Å². The molecule has 1 unspecified atom stereocenters. The summed E-state index contributed by atoms with van der Waals surface area (Å²) < 4.78 is 13.2. The zero-order chi connectivity index (χ0) is 21.8. The summed E-state index contributed by atoms with van der Waals surface area (Å²) in [5.41, 5.74) is 1.19. The average molecular weight is 429 g/mol. The minimum atomic E-state index is -0.469. The zero-order valence-corrected chi connectivity index (χ0v) is 19.7. The van der Waals surface area contributed by atoms with Crippen LogP contribution in [0.5, 0.6) is 0 Å². The second-order valence-corrected chi connectivity index (χ2v) is 12.6. The predicted molar refractivity (Wildman–Crippen MR) is 118 cm³/mol. The molecule has 1 spiro atoms. The molecule has 4 heteroatoms. The summed E-state index contributed by atoms with van der Waals surface area (Å²) in [5, 5.41) is 10.3. The van der Waals surface area contributed by atoms with Crippen molar-refractivity contribution in [1.82, 2.24) is 0 Å². The van der Waals surface area contributed by atoms with Crippen molar-refractivity contribution in [3.63, 3.8) is 0 Å². The summed E-state index contributed by atoms with van der Waals surface area (Å²) in [6.45, 7) is 9.97. The van der Waals surface area contributed by atoms with Gasteiger partial charge < -0.3 is 14.6 Å². The average Bonchev–Trinajstić information content (AvgIpc) is 3.18. The Bertz CT molecular complexity index is 810. The largest absolute Gasteiger partial charge is 0.393 e. The molecule has 2 aliphatic heterocycles. The molecule has 0 radical (unpaired) electrons. The number of hydrogen-bond donors (Lipinski definition) is 1. The minimum absolute atomic E-state index is 0.0904. The monoisotopic (exact) mass is 428 g/mol. The van der Waals surface area contributed by atoms with Crippen LogP contribution >= 0.6 is 0 Å². The van der Waals surface area contributed by atoms with Crippen LogP contribution in [0.2, 0.25) is 0 Å². The van der Waals surface area contributed by atoms with Crippen LogP contribution < -0.4 is 0 Å². The normalized spacial score (nSPS) is 58.4. The highest BCUT2D eigenvalue weighted by Gasteiger charge is 2.70. The maximum absolute atomic E-state index is 13.9. The first-order valence-electron chi connectivity index (χ1n) is 13.0. The Hall–Kier alpha value is -0.710. The third kappa shape index (κ3) is 2.62. The minimum Gasteiger partial charge on any atom is -0.393 e. The highest BCUT2D eigenvalue weighted by Crippen LogP contribution is 2.69. The van der Waals surface area contributed by atoms with E-state index in [4.69, 9.17) is 9.47 Å². The van der Waals surface area contributed by atoms with Crippen molar-refractivity contribution in [2.24, 2.45) is 46.3 Å². The lowest BCUT2D eigenvalue weighted by Gasteiger charge is -2.56. The number of hydrogen-bond acceptors (Lipinski definition) is 4. The molecular formula is C27H40O4. The third-order valence-corrected chi connectivity index (χ3v) is 11.2. The van der Waals surface area contributed by atoms with Crippen molar-refractivity contribution < 1.29 is 19.4 Å². The van der Waals surface area contributed by atoms with Crippen LogP contribution in [0.15, 0.2) is 11.6 Å². The van der Waals surface area contributed by atoms with E-state index >= 15 is 0 Å². The molecule has 31 heavy (non-hydrogen) atoms. The highest BCUT2D eigenvalue weighted by atomic mass is 16.7. The van der Waals surface area contributed by atoms with E-state index in [2.05, 4.69) is 33.8 Å². The van der Waals surface area contributed by atoms with E-state index < -0.39 is 5.79 Å². The first kappa shape index (κ1) is 20.9. The number of aliphatic hydroxyl groups is 1. The fourth-order valence-corrected chi connectivity index (χ4v) is 9.28. The van der Waals surface area contributed by atoms with Crippen LogP contribution in [-0.2, 0) is 14.3 Å². The molecule has 5 fully saturated rings. The number of carbonyl (C=O) groups is 1. The molecular weight excluding hydrogens is 388 g/mol. The van der Waals surface area contributed by atoms with E-state index in [-0.39, 0.29) is 34.9 Å². The van der Waals surface area contributed by atoms with E-state index in [0.717, 1.165) is 45.1 Å². The Morgan fingerprint density at radius 2 is 1.87 bits per heavy atom. The van der Waals surface area contributed by atoms with Gasteiger partial charge in [-0.3, -0.25) is 4.79 Å². The molecule has 4 nitrogen and oxygen atoms in total. The summed E-state index contributed by atoms with van der Waals surface area (Å²) in [6.07, 6.45) is 10.3. The third-order valence-electron chi connectivity index (χ3n) is 11.2. The number of fused-ring (bicyclic) bond motifs is 7. The van der Waals surface area contributed by atoms with Gasteiger partial charge in [0.25, 0.3) is 0 Å². The molecule has 4 aliphatic carbocycles. The first-order chi connectivity index (χ1) is 14.7. The molecule has 11 atom stereocenters. The molecule has 0 aromatic rings. The number of ether oxygens (including phenoxy) is 2. The lowest BCUT2D eigenvalue weighted by atomic mass is 9.48. The van der Waals surface area contributed by atoms with Gasteiger partial charge in [0, 0.05) is 23.7 Å². The van der Waals surface area contributed by atoms with Gasteiger partial charge >= 0.3 is 0 Å². The molecule has 6 rings (SSSR count). The smallest absolute Gasteiger partial charge is 0.171 e. The topological polar surface area (TPSA) is 55.8 Å². The van der Waals surface area contributed by atoms with Crippen molar-refractivity contribution in [3.8, 4) is 0 Å². The Morgan fingerprint density at radius 3 is 2.61 bits per heavy atom. The Balaban J connectivity index is 1.34. The second-order valence-electron chi connectivity index (χ2n) is 12.6. The number of carbonyl (C=O) groups excluding carboxylic acids is 1. The Kier molecular flexibility index (Phi) is 4.49. The number of allylic oxidation sites excluding steroid dienone is 2. The standard InChI is InChI=1S/C27H40O4/c1-15-7-10-27(30-14-15)16(2)24-22(31-27)12-21-19-6-5-17-11-18(28)8-9-25(17,3)20(19)13-23(29)26(21,24)4/h13,15-19,21-22,24,28H,5-12,14H2,1-4H3/t15-,16+,17+,18+,19-,21+,22+,24+,25+,26-,27?/m1/s1. The molecule has 172 valence electrons. The summed E-state index contributed by atoms with van der Waals surface area (Å²) in [6, 6.07) is 0. The molecule has 2 heterocycles. The summed E-state index contributed by atoms with van der Waals surface area (Å²) in [7, 11) is 0. The van der Waals surface area contributed by atoms with Gasteiger partial charge in [-0.05, 0) is 80.1 Å². The van der Waals surface area contributed by atoms with Crippen molar-refractivity contribution in [3.05, 3.63) is 11.6 Å². The van der Waals surface area contributed by atoms with Crippen molar-refractivity contribution in [1.29, 1.82) is 0 Å². The van der Waals surface area contributed by atoms with Crippen LogP contribution in [0.25, 0.3) is 0 Å². The van der Waals surface area contributed by atoms with Gasteiger partial charge in [-0.25, -0.2) is 0 Å². The van der Waals surface area contributed by atoms with Gasteiger partial charge in [0.1, 0.15) is 0 Å². The molecule has 0 amide bonds. The number of aliphatic hydroxyl groups excluding tert-OH is 1. The van der Waals surface area contributed by atoms with E-state index in [9.17, 15) is 9.90 Å². The van der Waals surface area contributed by atoms with Gasteiger partial charge in [-0.15, -0.1) is 0 Å². The molecule has 2 saturated heterocycles. The summed E-state index contributed by atoms with van der Waals surface area (Å²) >= 11 is 0. The van der Waals surface area contributed by atoms with Crippen LogP contribution in [0.4, 0.5) is 0 Å². The molecule has 0 bridgehead atoms. The fourth-order valence-electron chi connectivity index (χ4n) is 9.28. The molecule has 0 aromatic heterocycles. The van der Waals surface area contributed by atoms with Gasteiger partial charge in [-0.2, -0.15) is 0 Å². The fraction of sp³-hybridized carbons (Fsp3) is 0.889. The van der Waals surface area contributed by atoms with Gasteiger partial charge in [0.15, 0.2) is 11.6 Å². The van der Waals surface area contributed by atoms with Crippen molar-refractivity contribution in [2.75, 3.05) is 6.61 Å². The first-order valence-corrected chi connectivity index (χ1v) is 13.0. The maximum atomic E-state index is 13.9. The molecule has 1 N–H and O–H groups in total. The van der Waals surface area contributed by atoms with E-state index in [1.165, 1.54) is 18.4 Å². The highest BCUT2D eigenvalue weighted by molar-refractivity contribution is 5.97. The Labute approximate surface area is 187 Å². The second kappa shape index (κ2) is 6.67. The molecule has 3 saturated carbocycles. The zero-order valence-electron chi connectivity index (χ0n) is 19.7. The lowest BCUT2D eigenvalue weighted by Crippen LogP contribution is -2.53. The van der Waals surface area contributed by atoms with E-state index in [1.807, 2.05) is 0 Å². The molecule has 6 aliphatic rings. The van der Waals surface area contributed by atoms with Crippen molar-refractivity contribution in [2.45, 2.75) is 97.1 Å². The SMILES string of the molecule is C[C@@H]1CCC2(OC1)O[C@H]1C[C@H]3[C@@H]4CC[C@H]5C[C@@H](O)CC[C@]5(C)C4=CC(=O)[C@]3(C)[C@H]1[C@@H]2C. The van der Waals surface area contributed by atoms with Gasteiger partial charge in [0.2, 0.25) is 0 Å². The lowest BCUT2D eigenvalue weighted by molar-refractivity contribution is -0.271. The number of rotatable bonds is 0. The van der Waals surface area contributed by atoms with Crippen LogP contribution in [-0.4, -0.2) is 35.5 Å². The van der Waals surface area contributed by atoms with Crippen LogP contribution in [0.3, 0.4) is 0 Å². The molecule has 0 aromatic carbocycles.